The third-order valence-electron chi connectivity index (χ3n) is 4.36. The second-order valence-corrected chi connectivity index (χ2v) is 6.57. The lowest BCUT2D eigenvalue weighted by atomic mass is 10.3. The number of halogens is 1. The van der Waals surface area contributed by atoms with Crippen molar-refractivity contribution in [2.75, 3.05) is 31.5 Å². The van der Waals surface area contributed by atoms with Gasteiger partial charge in [-0.05, 0) is 49.4 Å². The molecule has 2 aliphatic rings. The van der Waals surface area contributed by atoms with Crippen molar-refractivity contribution in [3.8, 4) is 0 Å². The number of carbonyl (C=O) groups is 2. The molecule has 1 aliphatic carbocycles. The summed E-state index contributed by atoms with van der Waals surface area (Å²) in [5.41, 5.74) is 0.545. The standard InChI is InChI=1S/C17H23FN4O2/c18-13-3-5-14(6-4-13)20-17(24)21-15-7-8-22(10-15)11-16(23)19-9-12-1-2-12/h3-6,12,15H,1-2,7-11H2,(H,19,23)(H2,20,21,24)/t15-/m0/s1. The summed E-state index contributed by atoms with van der Waals surface area (Å²) in [6, 6.07) is 5.33. The lowest BCUT2D eigenvalue weighted by Crippen LogP contribution is -2.41. The lowest BCUT2D eigenvalue weighted by molar-refractivity contribution is -0.122. The van der Waals surface area contributed by atoms with E-state index < -0.39 is 0 Å². The number of likely N-dealkylation sites (tertiary alicyclic amines) is 1. The van der Waals surface area contributed by atoms with E-state index in [-0.39, 0.29) is 23.8 Å². The van der Waals surface area contributed by atoms with Gasteiger partial charge in [0, 0.05) is 31.4 Å². The van der Waals surface area contributed by atoms with Crippen molar-refractivity contribution in [2.24, 2.45) is 5.92 Å². The van der Waals surface area contributed by atoms with Crippen LogP contribution in [0.3, 0.4) is 0 Å². The Labute approximate surface area is 140 Å². The van der Waals surface area contributed by atoms with Crippen LogP contribution >= 0.6 is 0 Å². The Morgan fingerprint density at radius 1 is 1.17 bits per heavy atom. The van der Waals surface area contributed by atoms with Crippen LogP contribution in [0.25, 0.3) is 0 Å². The molecule has 24 heavy (non-hydrogen) atoms. The third-order valence-corrected chi connectivity index (χ3v) is 4.36. The SMILES string of the molecule is O=C(CN1CC[C@H](NC(=O)Nc2ccc(F)cc2)C1)NCC1CC1. The van der Waals surface area contributed by atoms with Crippen molar-refractivity contribution in [3.63, 3.8) is 0 Å². The van der Waals surface area contributed by atoms with Crippen molar-refractivity contribution in [2.45, 2.75) is 25.3 Å². The lowest BCUT2D eigenvalue weighted by Gasteiger charge is -2.16. The van der Waals surface area contributed by atoms with Gasteiger partial charge in [0.2, 0.25) is 5.91 Å². The van der Waals surface area contributed by atoms with Crippen molar-refractivity contribution in [1.82, 2.24) is 15.5 Å². The number of benzene rings is 1. The summed E-state index contributed by atoms with van der Waals surface area (Å²) in [6.07, 6.45) is 3.26. The summed E-state index contributed by atoms with van der Waals surface area (Å²) in [5.74, 6) is 0.391. The van der Waals surface area contributed by atoms with Crippen LogP contribution < -0.4 is 16.0 Å². The van der Waals surface area contributed by atoms with Gasteiger partial charge >= 0.3 is 6.03 Å². The Kier molecular flexibility index (Phi) is 5.30. The topological polar surface area (TPSA) is 73.5 Å². The molecule has 1 heterocycles. The van der Waals surface area contributed by atoms with Crippen LogP contribution in [0.2, 0.25) is 0 Å². The summed E-state index contributed by atoms with van der Waals surface area (Å²) in [4.78, 5) is 25.8. The number of amides is 3. The molecule has 7 heteroatoms. The summed E-state index contributed by atoms with van der Waals surface area (Å²) in [7, 11) is 0. The van der Waals surface area contributed by atoms with E-state index in [0.29, 0.717) is 24.7 Å². The van der Waals surface area contributed by atoms with Gasteiger partial charge in [-0.3, -0.25) is 9.69 Å². The smallest absolute Gasteiger partial charge is 0.319 e. The zero-order valence-corrected chi connectivity index (χ0v) is 13.6. The van der Waals surface area contributed by atoms with Gasteiger partial charge in [-0.2, -0.15) is 0 Å². The van der Waals surface area contributed by atoms with E-state index in [1.807, 2.05) is 4.90 Å². The highest BCUT2D eigenvalue weighted by Gasteiger charge is 2.26. The first-order valence-corrected chi connectivity index (χ1v) is 8.40. The van der Waals surface area contributed by atoms with Gasteiger partial charge in [-0.15, -0.1) is 0 Å². The maximum absolute atomic E-state index is 12.8. The molecule has 1 aromatic rings. The molecule has 2 fully saturated rings. The maximum Gasteiger partial charge on any atom is 0.319 e. The minimum atomic E-state index is -0.340. The van der Waals surface area contributed by atoms with Crippen LogP contribution in [-0.2, 0) is 4.79 Å². The van der Waals surface area contributed by atoms with Crippen molar-refractivity contribution in [3.05, 3.63) is 30.1 Å². The van der Waals surface area contributed by atoms with E-state index in [1.54, 1.807) is 0 Å². The predicted molar refractivity (Wildman–Crippen MR) is 89.1 cm³/mol. The molecule has 0 radical (unpaired) electrons. The van der Waals surface area contributed by atoms with Crippen LogP contribution in [0.15, 0.2) is 24.3 Å². The monoisotopic (exact) mass is 334 g/mol. The van der Waals surface area contributed by atoms with Crippen LogP contribution in [0, 0.1) is 11.7 Å². The quantitative estimate of drug-likeness (QED) is 0.739. The molecular weight excluding hydrogens is 311 g/mol. The van der Waals surface area contributed by atoms with E-state index in [4.69, 9.17) is 0 Å². The highest BCUT2D eigenvalue weighted by atomic mass is 19.1. The number of nitrogens with one attached hydrogen (secondary N) is 3. The molecule has 3 rings (SSSR count). The highest BCUT2D eigenvalue weighted by molar-refractivity contribution is 5.89. The van der Waals surface area contributed by atoms with Crippen LogP contribution in [-0.4, -0.2) is 49.1 Å². The van der Waals surface area contributed by atoms with E-state index >= 15 is 0 Å². The van der Waals surface area contributed by atoms with Crippen LogP contribution in [0.1, 0.15) is 19.3 Å². The zero-order valence-electron chi connectivity index (χ0n) is 13.6. The molecule has 1 atom stereocenters. The molecule has 0 spiro atoms. The van der Waals surface area contributed by atoms with Gasteiger partial charge < -0.3 is 16.0 Å². The minimum Gasteiger partial charge on any atom is -0.355 e. The fraction of sp³-hybridized carbons (Fsp3) is 0.529. The van der Waals surface area contributed by atoms with Gasteiger partial charge in [0.05, 0.1) is 6.54 Å². The van der Waals surface area contributed by atoms with E-state index in [2.05, 4.69) is 16.0 Å². The molecule has 6 nitrogen and oxygen atoms in total. The zero-order chi connectivity index (χ0) is 16.9. The Bertz CT molecular complexity index is 589. The van der Waals surface area contributed by atoms with E-state index in [1.165, 1.54) is 37.1 Å². The van der Waals surface area contributed by atoms with Crippen molar-refractivity contribution in [1.29, 1.82) is 0 Å². The molecule has 1 aromatic carbocycles. The normalized spacial score (nSPS) is 20.6. The molecule has 1 saturated heterocycles. The number of anilines is 1. The molecule has 130 valence electrons. The fourth-order valence-corrected chi connectivity index (χ4v) is 2.82. The number of rotatable bonds is 6. The fourth-order valence-electron chi connectivity index (χ4n) is 2.82. The number of carbonyl (C=O) groups excluding carboxylic acids is 2. The van der Waals surface area contributed by atoms with Gasteiger partial charge in [-0.1, -0.05) is 0 Å². The largest absolute Gasteiger partial charge is 0.355 e. The maximum atomic E-state index is 12.8. The summed E-state index contributed by atoms with van der Waals surface area (Å²) in [6.45, 7) is 2.62. The predicted octanol–water partition coefficient (Wildman–Crippen LogP) is 1.55. The molecule has 3 N–H and O–H groups in total. The first kappa shape index (κ1) is 16.7. The Hall–Kier alpha value is -2.15. The molecular formula is C17H23FN4O2. The molecule has 3 amide bonds. The van der Waals surface area contributed by atoms with Crippen LogP contribution in [0.4, 0.5) is 14.9 Å². The average molecular weight is 334 g/mol. The summed E-state index contributed by atoms with van der Waals surface area (Å²) in [5, 5.41) is 8.52. The average Bonchev–Trinajstić information content (AvgIpc) is 3.28. The Balaban J connectivity index is 1.36. The Morgan fingerprint density at radius 3 is 2.62 bits per heavy atom. The molecule has 0 unspecified atom stereocenters. The first-order valence-electron chi connectivity index (χ1n) is 8.40. The van der Waals surface area contributed by atoms with E-state index in [0.717, 1.165) is 19.5 Å². The van der Waals surface area contributed by atoms with Crippen molar-refractivity contribution < 1.29 is 14.0 Å². The number of hydrogen-bond donors (Lipinski definition) is 3. The van der Waals surface area contributed by atoms with Gasteiger partial charge in [0.1, 0.15) is 5.82 Å². The van der Waals surface area contributed by atoms with Crippen LogP contribution in [0.5, 0.6) is 0 Å². The number of hydrogen-bond acceptors (Lipinski definition) is 3. The van der Waals surface area contributed by atoms with Gasteiger partial charge in [0.25, 0.3) is 0 Å². The van der Waals surface area contributed by atoms with Gasteiger partial charge in [-0.25, -0.2) is 9.18 Å². The second kappa shape index (κ2) is 7.61. The van der Waals surface area contributed by atoms with Gasteiger partial charge in [0.15, 0.2) is 0 Å². The number of nitrogens with zero attached hydrogens (tertiary/aromatic N) is 1. The highest BCUT2D eigenvalue weighted by Crippen LogP contribution is 2.27. The van der Waals surface area contributed by atoms with E-state index in [9.17, 15) is 14.0 Å². The third kappa shape index (κ3) is 5.19. The second-order valence-electron chi connectivity index (χ2n) is 6.57. The summed E-state index contributed by atoms with van der Waals surface area (Å²) >= 11 is 0. The number of urea groups is 1. The molecule has 0 aromatic heterocycles. The minimum absolute atomic E-state index is 0.0154. The summed E-state index contributed by atoms with van der Waals surface area (Å²) < 4.78 is 12.8. The molecule has 0 bridgehead atoms. The molecule has 1 aliphatic heterocycles. The molecule has 1 saturated carbocycles. The van der Waals surface area contributed by atoms with Crippen molar-refractivity contribution >= 4 is 17.6 Å². The first-order chi connectivity index (χ1) is 11.6. The Morgan fingerprint density at radius 2 is 1.92 bits per heavy atom.